The lowest BCUT2D eigenvalue weighted by Crippen LogP contribution is -2.28. The zero-order chi connectivity index (χ0) is 25.7. The Kier molecular flexibility index (Phi) is 8.15. The monoisotopic (exact) mass is 544 g/mol. The van der Waals surface area contributed by atoms with Crippen LogP contribution in [0.5, 0.6) is 5.75 Å². The highest BCUT2D eigenvalue weighted by atomic mass is 35.5. The van der Waals surface area contributed by atoms with Gasteiger partial charge in [0, 0.05) is 16.1 Å². The van der Waals surface area contributed by atoms with Gasteiger partial charge >= 0.3 is 5.97 Å². The van der Waals surface area contributed by atoms with E-state index < -0.39 is 11.9 Å². The smallest absolute Gasteiger partial charge is 0.307 e. The molecule has 0 fully saturated rings. The van der Waals surface area contributed by atoms with Gasteiger partial charge in [0.15, 0.2) is 5.76 Å². The molecule has 0 aliphatic rings. The summed E-state index contributed by atoms with van der Waals surface area (Å²) in [6.07, 6.45) is -0.184. The summed E-state index contributed by atoms with van der Waals surface area (Å²) in [7, 11) is 0. The van der Waals surface area contributed by atoms with Gasteiger partial charge in [-0.2, -0.15) is 0 Å². The molecule has 1 aromatic heterocycles. The first-order valence-corrected chi connectivity index (χ1v) is 11.9. The van der Waals surface area contributed by atoms with Crippen LogP contribution in [0.2, 0.25) is 15.1 Å². The number of carboxylic acids is 1. The summed E-state index contributed by atoms with van der Waals surface area (Å²) in [6.45, 7) is 0.320. The number of aliphatic carboxylic acids is 1. The van der Waals surface area contributed by atoms with Crippen LogP contribution in [0.15, 0.2) is 71.3 Å². The average molecular weight is 546 g/mol. The number of nitrogens with zero attached hydrogens (tertiary/aromatic N) is 1. The van der Waals surface area contributed by atoms with Gasteiger partial charge in [0.25, 0.3) is 5.91 Å². The van der Waals surface area contributed by atoms with Crippen molar-refractivity contribution in [1.82, 2.24) is 10.5 Å². The van der Waals surface area contributed by atoms with E-state index in [2.05, 4.69) is 10.5 Å². The zero-order valence-electron chi connectivity index (χ0n) is 18.6. The third kappa shape index (κ3) is 5.99. The van der Waals surface area contributed by atoms with Gasteiger partial charge in [-0.25, -0.2) is 0 Å². The minimum Gasteiger partial charge on any atom is -0.490 e. The summed E-state index contributed by atoms with van der Waals surface area (Å²) in [5, 5.41) is 17.1. The van der Waals surface area contributed by atoms with Crippen LogP contribution >= 0.6 is 34.8 Å². The summed E-state index contributed by atoms with van der Waals surface area (Å²) in [6, 6.07) is 18.7. The highest BCUT2D eigenvalue weighted by Crippen LogP contribution is 2.36. The molecule has 4 rings (SSSR count). The molecule has 0 saturated heterocycles. The molecule has 184 valence electrons. The molecule has 10 heteroatoms. The van der Waals surface area contributed by atoms with Crippen molar-refractivity contribution in [2.45, 2.75) is 6.42 Å². The molecule has 1 amide bonds. The fraction of sp³-hybridized carbons (Fsp3) is 0.115. The predicted molar refractivity (Wildman–Crippen MR) is 138 cm³/mol. The number of carbonyl (C=O) groups is 2. The molecule has 7 nitrogen and oxygen atoms in total. The summed E-state index contributed by atoms with van der Waals surface area (Å²) < 4.78 is 11.2. The van der Waals surface area contributed by atoms with E-state index >= 15 is 0 Å². The number of halogens is 3. The molecule has 3 aromatic carbocycles. The predicted octanol–water partition coefficient (Wildman–Crippen LogP) is 6.40. The number of carbonyl (C=O) groups excluding carboxylic acids is 1. The number of carboxylic acid groups (broad SMARTS) is 1. The molecule has 0 bridgehead atoms. The number of hydrogen-bond acceptors (Lipinski definition) is 5. The van der Waals surface area contributed by atoms with Crippen molar-refractivity contribution in [3.05, 3.63) is 92.9 Å². The molecule has 0 radical (unpaired) electrons. The van der Waals surface area contributed by atoms with Crippen LogP contribution in [0.3, 0.4) is 0 Å². The molecule has 0 aliphatic heterocycles. The Hall–Kier alpha value is -3.52. The van der Waals surface area contributed by atoms with Gasteiger partial charge in [0.2, 0.25) is 0 Å². The molecular formula is C26H19Cl3N2O5. The van der Waals surface area contributed by atoms with Crippen LogP contribution < -0.4 is 10.1 Å². The Morgan fingerprint density at radius 2 is 1.75 bits per heavy atom. The lowest BCUT2D eigenvalue weighted by Gasteiger charge is -2.10. The van der Waals surface area contributed by atoms with E-state index in [1.807, 2.05) is 30.3 Å². The Balaban J connectivity index is 1.59. The Bertz CT molecular complexity index is 1410. The van der Waals surface area contributed by atoms with Crippen molar-refractivity contribution < 1.29 is 24.0 Å². The fourth-order valence-corrected chi connectivity index (χ4v) is 4.26. The average Bonchev–Trinajstić information content (AvgIpc) is 3.28. The van der Waals surface area contributed by atoms with Crippen LogP contribution in [0.25, 0.3) is 22.6 Å². The summed E-state index contributed by atoms with van der Waals surface area (Å²) in [5.74, 6) is -0.812. The summed E-state index contributed by atoms with van der Waals surface area (Å²) in [4.78, 5) is 24.3. The molecule has 0 unspecified atom stereocenters. The standard InChI is InChI=1S/C26H19Cl3N2O5/c27-17-7-9-21(20(29)14-17)35-11-10-30-26(34)23-24(16-4-2-1-3-5-16)31-36-25(23)18-8-6-15(12-19(18)28)13-22(32)33/h1-9,12,14H,10-11,13H2,(H,30,34)(H,32,33). The van der Waals surface area contributed by atoms with Gasteiger partial charge in [-0.1, -0.05) is 76.4 Å². The molecule has 36 heavy (non-hydrogen) atoms. The molecular weight excluding hydrogens is 527 g/mol. The largest absolute Gasteiger partial charge is 0.490 e. The minimum absolute atomic E-state index is 0.152. The van der Waals surface area contributed by atoms with E-state index in [1.165, 1.54) is 6.07 Å². The van der Waals surface area contributed by atoms with E-state index in [0.717, 1.165) is 0 Å². The van der Waals surface area contributed by atoms with Crippen molar-refractivity contribution in [2.75, 3.05) is 13.2 Å². The SMILES string of the molecule is O=C(O)Cc1ccc(-c2onc(-c3ccccc3)c2C(=O)NCCOc2ccc(Cl)cc2Cl)c(Cl)c1. The molecule has 0 aliphatic carbocycles. The number of rotatable bonds is 9. The third-order valence-corrected chi connectivity index (χ3v) is 5.98. The van der Waals surface area contributed by atoms with Crippen LogP contribution in [-0.2, 0) is 11.2 Å². The second-order valence-corrected chi connectivity index (χ2v) is 8.92. The summed E-state index contributed by atoms with van der Waals surface area (Å²) in [5.41, 5.74) is 2.15. The van der Waals surface area contributed by atoms with E-state index in [4.69, 9.17) is 49.2 Å². The van der Waals surface area contributed by atoms with Gasteiger partial charge in [0.1, 0.15) is 23.6 Å². The number of ether oxygens (including phenoxy) is 1. The van der Waals surface area contributed by atoms with Crippen molar-refractivity contribution in [2.24, 2.45) is 0 Å². The lowest BCUT2D eigenvalue weighted by atomic mass is 10.0. The maximum absolute atomic E-state index is 13.3. The minimum atomic E-state index is -0.980. The van der Waals surface area contributed by atoms with Gasteiger partial charge in [0.05, 0.1) is 23.0 Å². The first kappa shape index (κ1) is 25.6. The molecule has 0 atom stereocenters. The first-order chi connectivity index (χ1) is 17.3. The molecule has 4 aromatic rings. The quantitative estimate of drug-likeness (QED) is 0.236. The van der Waals surface area contributed by atoms with E-state index in [-0.39, 0.29) is 35.9 Å². The highest BCUT2D eigenvalue weighted by molar-refractivity contribution is 6.35. The van der Waals surface area contributed by atoms with Crippen molar-refractivity contribution in [1.29, 1.82) is 0 Å². The fourth-order valence-electron chi connectivity index (χ4n) is 3.51. The normalized spacial score (nSPS) is 10.8. The second-order valence-electron chi connectivity index (χ2n) is 7.67. The number of aromatic nitrogens is 1. The molecule has 0 spiro atoms. The third-order valence-electron chi connectivity index (χ3n) is 5.14. The van der Waals surface area contributed by atoms with Gasteiger partial charge < -0.3 is 19.7 Å². The number of hydrogen-bond donors (Lipinski definition) is 2. The number of benzene rings is 3. The number of nitrogens with one attached hydrogen (secondary N) is 1. The van der Waals surface area contributed by atoms with Crippen LogP contribution in [0.1, 0.15) is 15.9 Å². The van der Waals surface area contributed by atoms with Gasteiger partial charge in [-0.3, -0.25) is 9.59 Å². The van der Waals surface area contributed by atoms with E-state index in [9.17, 15) is 9.59 Å². The number of amides is 1. The molecule has 0 saturated carbocycles. The topological polar surface area (TPSA) is 102 Å². The Morgan fingerprint density at radius 1 is 0.972 bits per heavy atom. The maximum Gasteiger partial charge on any atom is 0.307 e. The van der Waals surface area contributed by atoms with Crippen molar-refractivity contribution >= 4 is 46.7 Å². The van der Waals surface area contributed by atoms with Crippen molar-refractivity contribution in [3.63, 3.8) is 0 Å². The maximum atomic E-state index is 13.3. The van der Waals surface area contributed by atoms with Gasteiger partial charge in [-0.15, -0.1) is 0 Å². The second kappa shape index (κ2) is 11.5. The van der Waals surface area contributed by atoms with Crippen LogP contribution in [0, 0.1) is 0 Å². The van der Waals surface area contributed by atoms with Crippen LogP contribution in [-0.4, -0.2) is 35.3 Å². The summed E-state index contributed by atoms with van der Waals surface area (Å²) >= 11 is 18.5. The lowest BCUT2D eigenvalue weighted by molar-refractivity contribution is -0.136. The Labute approximate surface area is 221 Å². The van der Waals surface area contributed by atoms with E-state index in [0.29, 0.717) is 38.2 Å². The molecule has 1 heterocycles. The zero-order valence-corrected chi connectivity index (χ0v) is 20.9. The highest BCUT2D eigenvalue weighted by Gasteiger charge is 2.26. The van der Waals surface area contributed by atoms with Crippen molar-refractivity contribution in [3.8, 4) is 28.3 Å². The Morgan fingerprint density at radius 3 is 2.44 bits per heavy atom. The van der Waals surface area contributed by atoms with E-state index in [1.54, 1.807) is 30.3 Å². The molecule has 2 N–H and O–H groups in total. The van der Waals surface area contributed by atoms with Crippen LogP contribution in [0.4, 0.5) is 0 Å². The first-order valence-electron chi connectivity index (χ1n) is 10.7. The van der Waals surface area contributed by atoms with Gasteiger partial charge in [-0.05, 0) is 35.9 Å².